The minimum absolute atomic E-state index is 0.0344. The molecule has 1 unspecified atom stereocenters. The molecule has 1 aromatic rings. The Morgan fingerprint density at radius 1 is 1.45 bits per heavy atom. The van der Waals surface area contributed by atoms with Crippen LogP contribution in [-0.2, 0) is 11.3 Å². The van der Waals surface area contributed by atoms with Gasteiger partial charge in [0, 0.05) is 19.7 Å². The minimum Gasteiger partial charge on any atom is -0.496 e. The number of oxime groups is 1. The molecule has 0 heterocycles. The van der Waals surface area contributed by atoms with E-state index in [9.17, 15) is 0 Å². The number of benzene rings is 1. The van der Waals surface area contributed by atoms with Crippen LogP contribution in [0.3, 0.4) is 0 Å². The molecular formula is C14H23N3O3. The normalized spacial score (nSPS) is 13.2. The highest BCUT2D eigenvalue weighted by Crippen LogP contribution is 2.20. The van der Waals surface area contributed by atoms with Crippen LogP contribution in [0.1, 0.15) is 24.5 Å². The average molecular weight is 281 g/mol. The fraction of sp³-hybridized carbons (Fsp3) is 0.500. The Balaban J connectivity index is 2.78. The molecule has 1 aromatic carbocycles. The van der Waals surface area contributed by atoms with Gasteiger partial charge in [0.15, 0.2) is 5.84 Å². The van der Waals surface area contributed by atoms with Crippen LogP contribution in [0.15, 0.2) is 23.4 Å². The van der Waals surface area contributed by atoms with E-state index in [2.05, 4.69) is 17.4 Å². The van der Waals surface area contributed by atoms with Gasteiger partial charge >= 0.3 is 0 Å². The maximum Gasteiger partial charge on any atom is 0.173 e. The lowest BCUT2D eigenvalue weighted by Crippen LogP contribution is -2.32. The maximum absolute atomic E-state index is 8.73. The van der Waals surface area contributed by atoms with E-state index in [-0.39, 0.29) is 5.84 Å². The molecule has 0 bridgehead atoms. The lowest BCUT2D eigenvalue weighted by Gasteiger charge is -2.16. The molecule has 0 aliphatic rings. The summed E-state index contributed by atoms with van der Waals surface area (Å²) in [5.74, 6) is 0.617. The van der Waals surface area contributed by atoms with Gasteiger partial charge in [0.2, 0.25) is 0 Å². The Morgan fingerprint density at radius 3 is 2.75 bits per heavy atom. The highest BCUT2D eigenvalue weighted by molar-refractivity contribution is 5.99. The van der Waals surface area contributed by atoms with Crippen molar-refractivity contribution in [2.45, 2.75) is 25.9 Å². The highest BCUT2D eigenvalue weighted by atomic mass is 16.5. The maximum atomic E-state index is 8.73. The first kappa shape index (κ1) is 16.3. The second kappa shape index (κ2) is 8.39. The molecule has 4 N–H and O–H groups in total. The van der Waals surface area contributed by atoms with Gasteiger partial charge in [0.1, 0.15) is 5.75 Å². The summed E-state index contributed by atoms with van der Waals surface area (Å²) in [6, 6.07) is 5.89. The predicted octanol–water partition coefficient (Wildman–Crippen LogP) is 1.30. The fourth-order valence-electron chi connectivity index (χ4n) is 1.90. The molecule has 0 saturated heterocycles. The summed E-state index contributed by atoms with van der Waals surface area (Å²) in [7, 11) is 3.25. The standard InChI is InChI=1S/C14H23N3O3/c1-4-11(9-19-2)16-8-10-5-6-12(14(15)17-18)13(7-10)20-3/h5-7,11,16,18H,4,8-9H2,1-3H3,(H2,15,17). The molecule has 0 aliphatic heterocycles. The SMILES string of the molecule is CCC(COC)NCc1ccc(/C(N)=N/O)c(OC)c1. The Labute approximate surface area is 119 Å². The van der Waals surface area contributed by atoms with Crippen molar-refractivity contribution in [3.63, 3.8) is 0 Å². The van der Waals surface area contributed by atoms with Crippen molar-refractivity contribution < 1.29 is 14.7 Å². The van der Waals surface area contributed by atoms with Crippen LogP contribution >= 0.6 is 0 Å². The summed E-state index contributed by atoms with van der Waals surface area (Å²) in [5.41, 5.74) is 7.22. The number of nitrogens with zero attached hydrogens (tertiary/aromatic N) is 1. The van der Waals surface area contributed by atoms with Crippen molar-refractivity contribution in [2.75, 3.05) is 20.8 Å². The smallest absolute Gasteiger partial charge is 0.173 e. The van der Waals surface area contributed by atoms with E-state index in [0.29, 0.717) is 30.5 Å². The van der Waals surface area contributed by atoms with E-state index in [1.165, 1.54) is 0 Å². The molecule has 112 valence electrons. The van der Waals surface area contributed by atoms with Gasteiger partial charge in [-0.3, -0.25) is 0 Å². The summed E-state index contributed by atoms with van der Waals surface area (Å²) in [5, 5.41) is 15.1. The number of rotatable bonds is 8. The van der Waals surface area contributed by atoms with Crippen LogP contribution in [0.2, 0.25) is 0 Å². The number of nitrogens with one attached hydrogen (secondary N) is 1. The van der Waals surface area contributed by atoms with Gasteiger partial charge in [0.05, 0.1) is 19.3 Å². The van der Waals surface area contributed by atoms with E-state index >= 15 is 0 Å². The van der Waals surface area contributed by atoms with Crippen LogP contribution in [0.25, 0.3) is 0 Å². The van der Waals surface area contributed by atoms with Crippen LogP contribution in [0.4, 0.5) is 0 Å². The molecule has 0 amide bonds. The number of hydrogen-bond acceptors (Lipinski definition) is 5. The van der Waals surface area contributed by atoms with E-state index in [4.69, 9.17) is 20.4 Å². The summed E-state index contributed by atoms with van der Waals surface area (Å²) in [4.78, 5) is 0. The largest absolute Gasteiger partial charge is 0.496 e. The van der Waals surface area contributed by atoms with Gasteiger partial charge in [-0.05, 0) is 24.1 Å². The van der Waals surface area contributed by atoms with Gasteiger partial charge in [-0.15, -0.1) is 0 Å². The number of methoxy groups -OCH3 is 2. The Kier molecular flexibility index (Phi) is 6.83. The first-order valence-electron chi connectivity index (χ1n) is 6.53. The van der Waals surface area contributed by atoms with Crippen LogP contribution < -0.4 is 15.8 Å². The summed E-state index contributed by atoms with van der Waals surface area (Å²) in [6.45, 7) is 3.49. The van der Waals surface area contributed by atoms with Crippen molar-refractivity contribution in [1.82, 2.24) is 5.32 Å². The number of nitrogens with two attached hydrogens (primary N) is 1. The average Bonchev–Trinajstić information content (AvgIpc) is 2.50. The lowest BCUT2D eigenvalue weighted by molar-refractivity contribution is 0.164. The molecule has 1 rings (SSSR count). The summed E-state index contributed by atoms with van der Waals surface area (Å²) >= 11 is 0. The zero-order valence-electron chi connectivity index (χ0n) is 12.2. The second-order valence-corrected chi connectivity index (χ2v) is 4.46. The van der Waals surface area contributed by atoms with Crippen molar-refractivity contribution in [1.29, 1.82) is 0 Å². The Morgan fingerprint density at radius 2 is 2.20 bits per heavy atom. The molecule has 6 nitrogen and oxygen atoms in total. The van der Waals surface area contributed by atoms with Crippen molar-refractivity contribution in [2.24, 2.45) is 10.9 Å². The first-order valence-corrected chi connectivity index (χ1v) is 6.53. The molecule has 6 heteroatoms. The summed E-state index contributed by atoms with van der Waals surface area (Å²) in [6.07, 6.45) is 0.993. The number of ether oxygens (including phenoxy) is 2. The molecule has 0 spiro atoms. The Bertz CT molecular complexity index is 449. The topological polar surface area (TPSA) is 89.1 Å². The fourth-order valence-corrected chi connectivity index (χ4v) is 1.90. The van der Waals surface area contributed by atoms with Crippen molar-refractivity contribution in [3.05, 3.63) is 29.3 Å². The van der Waals surface area contributed by atoms with Gasteiger partial charge < -0.3 is 25.7 Å². The molecule has 0 radical (unpaired) electrons. The monoisotopic (exact) mass is 281 g/mol. The molecule has 0 aromatic heterocycles. The van der Waals surface area contributed by atoms with Crippen LogP contribution in [0.5, 0.6) is 5.75 Å². The zero-order chi connectivity index (χ0) is 15.0. The van der Waals surface area contributed by atoms with E-state index in [1.807, 2.05) is 12.1 Å². The Hall–Kier alpha value is -1.79. The zero-order valence-corrected chi connectivity index (χ0v) is 12.2. The van der Waals surface area contributed by atoms with E-state index in [1.54, 1.807) is 20.3 Å². The molecular weight excluding hydrogens is 258 g/mol. The molecule has 0 aliphatic carbocycles. The number of amidine groups is 1. The van der Waals surface area contributed by atoms with Crippen LogP contribution in [-0.4, -0.2) is 37.9 Å². The quantitative estimate of drug-likeness (QED) is 0.289. The minimum atomic E-state index is 0.0344. The third-order valence-corrected chi connectivity index (χ3v) is 3.11. The van der Waals surface area contributed by atoms with Crippen molar-refractivity contribution in [3.8, 4) is 5.75 Å². The molecule has 0 fully saturated rings. The van der Waals surface area contributed by atoms with Gasteiger partial charge in [-0.2, -0.15) is 0 Å². The third kappa shape index (κ3) is 4.40. The van der Waals surface area contributed by atoms with Gasteiger partial charge in [-0.25, -0.2) is 0 Å². The van der Waals surface area contributed by atoms with Gasteiger partial charge in [0.25, 0.3) is 0 Å². The van der Waals surface area contributed by atoms with Crippen molar-refractivity contribution >= 4 is 5.84 Å². The van der Waals surface area contributed by atoms with E-state index in [0.717, 1.165) is 12.0 Å². The lowest BCUT2D eigenvalue weighted by atomic mass is 10.1. The highest BCUT2D eigenvalue weighted by Gasteiger charge is 2.10. The first-order chi connectivity index (χ1) is 9.65. The van der Waals surface area contributed by atoms with Gasteiger partial charge in [-0.1, -0.05) is 18.1 Å². The second-order valence-electron chi connectivity index (χ2n) is 4.46. The summed E-state index contributed by atoms with van der Waals surface area (Å²) < 4.78 is 10.4. The molecule has 20 heavy (non-hydrogen) atoms. The van der Waals surface area contributed by atoms with Crippen LogP contribution in [0, 0.1) is 0 Å². The number of hydrogen-bond donors (Lipinski definition) is 3. The molecule has 1 atom stereocenters. The third-order valence-electron chi connectivity index (χ3n) is 3.11. The predicted molar refractivity (Wildman–Crippen MR) is 78.3 cm³/mol. The molecule has 0 saturated carbocycles. The van der Waals surface area contributed by atoms with E-state index < -0.39 is 0 Å².